The van der Waals surface area contributed by atoms with Gasteiger partial charge in [0, 0.05) is 29.4 Å². The van der Waals surface area contributed by atoms with E-state index in [0.29, 0.717) is 28.3 Å². The second kappa shape index (κ2) is 8.62. The Bertz CT molecular complexity index is 1140. The number of nitrogens with two attached hydrogens (primary N) is 1. The average molecular weight is 467 g/mol. The van der Waals surface area contributed by atoms with E-state index < -0.39 is 12.1 Å². The Morgan fingerprint density at radius 2 is 1.79 bits per heavy atom. The Morgan fingerprint density at radius 3 is 2.50 bits per heavy atom. The zero-order chi connectivity index (χ0) is 24.0. The van der Waals surface area contributed by atoms with Crippen molar-refractivity contribution < 1.29 is 24.5 Å². The van der Waals surface area contributed by atoms with Crippen LogP contribution in [-0.2, 0) is 4.79 Å². The number of phenolic OH excluding ortho intramolecular Hbond substituents is 2. The molecule has 1 aliphatic carbocycles. The number of fused-ring (bicyclic) bond motifs is 1. The number of hydrazone groups is 1. The molecule has 9 nitrogen and oxygen atoms in total. The van der Waals surface area contributed by atoms with Crippen molar-refractivity contribution in [2.24, 2.45) is 10.8 Å². The summed E-state index contributed by atoms with van der Waals surface area (Å²) in [7, 11) is 0. The van der Waals surface area contributed by atoms with Crippen molar-refractivity contribution in [3.05, 3.63) is 41.5 Å². The number of hydrogen-bond acceptors (Lipinski definition) is 8. The first-order valence-corrected chi connectivity index (χ1v) is 11.8. The molecule has 0 spiro atoms. The summed E-state index contributed by atoms with van der Waals surface area (Å²) >= 11 is 0. The lowest BCUT2D eigenvalue weighted by Crippen LogP contribution is -2.43. The largest absolute Gasteiger partial charge is 0.508 e. The van der Waals surface area contributed by atoms with Gasteiger partial charge in [0.2, 0.25) is 12.6 Å². The van der Waals surface area contributed by atoms with Gasteiger partial charge in [0.25, 0.3) is 5.91 Å². The minimum atomic E-state index is -0.664. The molecular formula is C25H30N4O5. The first-order chi connectivity index (χ1) is 16.3. The number of amidine groups is 1. The van der Waals surface area contributed by atoms with Gasteiger partial charge >= 0.3 is 0 Å². The molecule has 0 aromatic heterocycles. The Balaban J connectivity index is 1.68. The Morgan fingerprint density at radius 1 is 1.06 bits per heavy atom. The summed E-state index contributed by atoms with van der Waals surface area (Å²) in [6, 6.07) is 8.65. The molecule has 180 valence electrons. The number of anilines is 1. The van der Waals surface area contributed by atoms with E-state index >= 15 is 0 Å². The average Bonchev–Trinajstić information content (AvgIpc) is 3.44. The quantitative estimate of drug-likeness (QED) is 0.611. The number of primary amides is 1. The smallest absolute Gasteiger partial charge is 0.286 e. The zero-order valence-electron chi connectivity index (χ0n) is 19.4. The van der Waals surface area contributed by atoms with Crippen molar-refractivity contribution in [1.29, 1.82) is 0 Å². The van der Waals surface area contributed by atoms with Crippen molar-refractivity contribution in [3.63, 3.8) is 0 Å². The number of ether oxygens (including phenoxy) is 2. The van der Waals surface area contributed by atoms with Crippen LogP contribution >= 0.6 is 0 Å². The summed E-state index contributed by atoms with van der Waals surface area (Å²) < 4.78 is 11.0. The van der Waals surface area contributed by atoms with Crippen molar-refractivity contribution in [2.45, 2.75) is 64.1 Å². The van der Waals surface area contributed by atoms with Gasteiger partial charge in [-0.3, -0.25) is 14.7 Å². The molecule has 0 bridgehead atoms. The third kappa shape index (κ3) is 3.74. The van der Waals surface area contributed by atoms with Crippen molar-refractivity contribution in [2.75, 3.05) is 11.7 Å². The van der Waals surface area contributed by atoms with Crippen LogP contribution in [0.2, 0.25) is 0 Å². The van der Waals surface area contributed by atoms with Crippen molar-refractivity contribution >= 4 is 17.4 Å². The second-order valence-electron chi connectivity index (χ2n) is 9.37. The third-order valence-corrected chi connectivity index (χ3v) is 6.81. The Labute approximate surface area is 198 Å². The maximum atomic E-state index is 12.6. The lowest BCUT2D eigenvalue weighted by molar-refractivity contribution is -0.112. The van der Waals surface area contributed by atoms with E-state index in [2.05, 4.69) is 0 Å². The standard InChI is InChI=1S/C25H30N4O5/c1-14(2)17-11-18(20(31)12-19(17)30)25-28(16-8-9-21-22(10-16)34-13-33-21)24(23(26)32)27-29(25)15-6-4-3-5-7-15/h8-12,14-15,25,30-31H,3-7,13H2,1-2H3,(H2,26,32). The Kier molecular flexibility index (Phi) is 5.63. The van der Waals surface area contributed by atoms with Crippen LogP contribution < -0.4 is 20.1 Å². The summed E-state index contributed by atoms with van der Waals surface area (Å²) in [5.74, 6) is 0.601. The van der Waals surface area contributed by atoms with E-state index in [0.717, 1.165) is 32.1 Å². The molecule has 1 saturated carbocycles. The molecule has 2 aliphatic heterocycles. The lowest BCUT2D eigenvalue weighted by Gasteiger charge is -2.38. The normalized spacial score (nSPS) is 20.2. The maximum absolute atomic E-state index is 12.6. The molecule has 2 aromatic carbocycles. The first-order valence-electron chi connectivity index (χ1n) is 11.8. The fourth-order valence-electron chi connectivity index (χ4n) is 5.10. The molecule has 1 atom stereocenters. The van der Waals surface area contributed by atoms with Crippen molar-refractivity contribution in [1.82, 2.24) is 5.01 Å². The van der Waals surface area contributed by atoms with Crippen LogP contribution in [0.25, 0.3) is 0 Å². The number of phenols is 2. The molecule has 2 heterocycles. The second-order valence-corrected chi connectivity index (χ2v) is 9.37. The maximum Gasteiger partial charge on any atom is 0.286 e. The zero-order valence-corrected chi connectivity index (χ0v) is 19.4. The van der Waals surface area contributed by atoms with Crippen LogP contribution in [0.4, 0.5) is 5.69 Å². The third-order valence-electron chi connectivity index (χ3n) is 6.81. The van der Waals surface area contributed by atoms with E-state index in [-0.39, 0.29) is 36.1 Å². The molecule has 1 unspecified atom stereocenters. The molecule has 4 N–H and O–H groups in total. The van der Waals surface area contributed by atoms with Gasteiger partial charge in [0.05, 0.1) is 0 Å². The molecule has 1 fully saturated rings. The summed E-state index contributed by atoms with van der Waals surface area (Å²) in [4.78, 5) is 14.3. The van der Waals surface area contributed by atoms with E-state index in [1.165, 1.54) is 6.07 Å². The predicted molar refractivity (Wildman–Crippen MR) is 127 cm³/mol. The van der Waals surface area contributed by atoms with E-state index in [1.807, 2.05) is 24.9 Å². The van der Waals surface area contributed by atoms with Gasteiger partial charge in [0.15, 0.2) is 17.7 Å². The number of rotatable bonds is 5. The highest BCUT2D eigenvalue weighted by Gasteiger charge is 2.44. The van der Waals surface area contributed by atoms with Gasteiger partial charge in [0.1, 0.15) is 11.5 Å². The number of aromatic hydroxyl groups is 2. The SMILES string of the molecule is CC(C)c1cc(C2N(c3ccc4c(c3)OCO4)C(C(N)=O)=NN2C2CCCCC2)c(O)cc1O. The predicted octanol–water partition coefficient (Wildman–Crippen LogP) is 3.90. The lowest BCUT2D eigenvalue weighted by atomic mass is 9.93. The molecule has 9 heteroatoms. The number of carbonyl (C=O) groups excluding carboxylic acids is 1. The van der Waals surface area contributed by atoms with Gasteiger partial charge in [-0.15, -0.1) is 0 Å². The van der Waals surface area contributed by atoms with E-state index in [4.69, 9.17) is 20.3 Å². The summed E-state index contributed by atoms with van der Waals surface area (Å²) in [5.41, 5.74) is 7.71. The van der Waals surface area contributed by atoms with Gasteiger partial charge in [-0.1, -0.05) is 33.1 Å². The van der Waals surface area contributed by atoms with Crippen molar-refractivity contribution in [3.8, 4) is 23.0 Å². The Hall–Kier alpha value is -3.62. The number of carbonyl (C=O) groups is 1. The molecule has 2 aromatic rings. The number of nitrogens with zero attached hydrogens (tertiary/aromatic N) is 3. The molecule has 1 amide bonds. The summed E-state index contributed by atoms with van der Waals surface area (Å²) in [6.07, 6.45) is 4.53. The number of hydrogen-bond donors (Lipinski definition) is 3. The van der Waals surface area contributed by atoms with Gasteiger partial charge in [-0.05, 0) is 42.5 Å². The highest BCUT2D eigenvalue weighted by molar-refractivity contribution is 6.43. The molecular weight excluding hydrogens is 436 g/mol. The van der Waals surface area contributed by atoms with Crippen LogP contribution in [0.15, 0.2) is 35.4 Å². The van der Waals surface area contributed by atoms with Crippen LogP contribution in [0.1, 0.15) is 69.2 Å². The highest BCUT2D eigenvalue weighted by Crippen LogP contribution is 2.46. The number of benzene rings is 2. The molecule has 5 rings (SSSR count). The van der Waals surface area contributed by atoms with Gasteiger partial charge in [-0.25, -0.2) is 0 Å². The van der Waals surface area contributed by atoms with Crippen LogP contribution in [0.3, 0.4) is 0 Å². The van der Waals surface area contributed by atoms with Gasteiger partial charge < -0.3 is 25.4 Å². The van der Waals surface area contributed by atoms with Crippen LogP contribution in [-0.4, -0.2) is 39.8 Å². The van der Waals surface area contributed by atoms with Crippen LogP contribution in [0, 0.1) is 0 Å². The topological polar surface area (TPSA) is 121 Å². The molecule has 0 radical (unpaired) electrons. The fourth-order valence-corrected chi connectivity index (χ4v) is 5.10. The fraction of sp³-hybridized carbons (Fsp3) is 0.440. The molecule has 34 heavy (non-hydrogen) atoms. The van der Waals surface area contributed by atoms with Gasteiger partial charge in [-0.2, -0.15) is 5.10 Å². The molecule has 0 saturated heterocycles. The van der Waals surface area contributed by atoms with E-state index in [1.54, 1.807) is 23.1 Å². The highest BCUT2D eigenvalue weighted by atomic mass is 16.7. The first kappa shape index (κ1) is 22.2. The monoisotopic (exact) mass is 466 g/mol. The minimum absolute atomic E-state index is 0.0272. The number of amides is 1. The van der Waals surface area contributed by atoms with E-state index in [9.17, 15) is 15.0 Å². The summed E-state index contributed by atoms with van der Waals surface area (Å²) in [5, 5.41) is 28.1. The van der Waals surface area contributed by atoms with Crippen LogP contribution in [0.5, 0.6) is 23.0 Å². The summed E-state index contributed by atoms with van der Waals surface area (Å²) in [6.45, 7) is 4.08. The molecule has 3 aliphatic rings. The minimum Gasteiger partial charge on any atom is -0.508 e.